The summed E-state index contributed by atoms with van der Waals surface area (Å²) in [5.74, 6) is 0.712. The molecule has 0 N–H and O–H groups in total. The lowest BCUT2D eigenvalue weighted by atomic mass is 10.5. The van der Waals surface area contributed by atoms with Crippen LogP contribution < -0.4 is 4.74 Å². The molecule has 1 aromatic rings. The third-order valence-corrected chi connectivity index (χ3v) is 2.94. The van der Waals surface area contributed by atoms with Gasteiger partial charge in [-0.05, 0) is 34.8 Å². The molecule has 0 aliphatic rings. The first-order valence-corrected chi connectivity index (χ1v) is 7.53. The molecule has 0 unspecified atom stereocenters. The monoisotopic (exact) mass is 360 g/mol. The lowest BCUT2D eigenvalue weighted by molar-refractivity contribution is 0.0106. The smallest absolute Gasteiger partial charge is 0.152 e. The van der Waals surface area contributed by atoms with Gasteiger partial charge in [0.25, 0.3) is 0 Å². The van der Waals surface area contributed by atoms with Gasteiger partial charge in [0, 0.05) is 6.20 Å². The predicted octanol–water partition coefficient (Wildman–Crippen LogP) is 1.97. The van der Waals surface area contributed by atoms with Crippen LogP contribution in [0.5, 0.6) is 5.75 Å². The molecule has 0 fully saturated rings. The van der Waals surface area contributed by atoms with Crippen LogP contribution in [0.4, 0.5) is 0 Å². The van der Waals surface area contributed by atoms with Gasteiger partial charge in [-0.25, -0.2) is 4.98 Å². The van der Waals surface area contributed by atoms with Crippen molar-refractivity contribution < 1.29 is 18.9 Å². The zero-order chi connectivity index (χ0) is 15.2. The maximum atomic E-state index is 5.51. The molecule has 21 heavy (non-hydrogen) atoms. The summed E-state index contributed by atoms with van der Waals surface area (Å²) in [4.78, 5) is 7.75. The van der Waals surface area contributed by atoms with E-state index in [9.17, 15) is 0 Å². The van der Waals surface area contributed by atoms with Crippen molar-refractivity contribution in [1.29, 1.82) is 0 Å². The third kappa shape index (κ3) is 9.52. The van der Waals surface area contributed by atoms with Crippen LogP contribution in [0.3, 0.4) is 0 Å². The van der Waals surface area contributed by atoms with Crippen LogP contribution in [0.25, 0.3) is 0 Å². The topological polar surface area (TPSA) is 62.2 Å². The Morgan fingerprint density at radius 3 is 2.24 bits per heavy atom. The van der Waals surface area contributed by atoms with Crippen LogP contribution in [0.15, 0.2) is 27.9 Å². The Balaban J connectivity index is 1.85. The highest BCUT2D eigenvalue weighted by molar-refractivity contribution is 9.10. The summed E-state index contributed by atoms with van der Waals surface area (Å²) >= 11 is 3.31. The van der Waals surface area contributed by atoms with Gasteiger partial charge in [-0.3, -0.25) is 4.99 Å². The van der Waals surface area contributed by atoms with Crippen molar-refractivity contribution in [2.75, 3.05) is 52.8 Å². The first-order chi connectivity index (χ1) is 10.3. The third-order valence-electron chi connectivity index (χ3n) is 2.35. The van der Waals surface area contributed by atoms with Gasteiger partial charge < -0.3 is 18.9 Å². The second kappa shape index (κ2) is 12.7. The number of pyridine rings is 1. The van der Waals surface area contributed by atoms with Crippen molar-refractivity contribution >= 4 is 22.6 Å². The van der Waals surface area contributed by atoms with E-state index in [4.69, 9.17) is 18.9 Å². The number of hydrogen-bond acceptors (Lipinski definition) is 6. The summed E-state index contributed by atoms with van der Waals surface area (Å²) in [5, 5.41) is 0. The molecule has 1 rings (SSSR count). The van der Waals surface area contributed by atoms with Crippen molar-refractivity contribution in [1.82, 2.24) is 4.98 Å². The summed E-state index contributed by atoms with van der Waals surface area (Å²) in [7, 11) is 0. The molecule has 0 spiro atoms. The zero-order valence-corrected chi connectivity index (χ0v) is 13.6. The quantitative estimate of drug-likeness (QED) is 0.305. The first-order valence-electron chi connectivity index (χ1n) is 6.73. The van der Waals surface area contributed by atoms with E-state index in [1.54, 1.807) is 6.20 Å². The minimum atomic E-state index is 0.474. The number of halogens is 1. The SMILES string of the molecule is C=NCCOCCOCCOCCOc1cccnc1Br. The average molecular weight is 361 g/mol. The van der Waals surface area contributed by atoms with Crippen molar-refractivity contribution in [3.05, 3.63) is 22.9 Å². The number of hydrogen-bond donors (Lipinski definition) is 0. The van der Waals surface area contributed by atoms with Crippen LogP contribution in [0.2, 0.25) is 0 Å². The molecule has 0 aliphatic carbocycles. The Kier molecular flexibility index (Phi) is 10.9. The zero-order valence-electron chi connectivity index (χ0n) is 12.0. The molecule has 0 atom stereocenters. The molecule has 0 amide bonds. The van der Waals surface area contributed by atoms with Crippen LogP contribution in [0.1, 0.15) is 0 Å². The highest BCUT2D eigenvalue weighted by Crippen LogP contribution is 2.20. The normalized spacial score (nSPS) is 10.5. The molecule has 1 heterocycles. The van der Waals surface area contributed by atoms with Crippen molar-refractivity contribution in [3.8, 4) is 5.75 Å². The van der Waals surface area contributed by atoms with Gasteiger partial charge in [0.05, 0.1) is 46.2 Å². The fourth-order valence-corrected chi connectivity index (χ4v) is 1.73. The second-order valence-corrected chi connectivity index (χ2v) is 4.68. The minimum absolute atomic E-state index is 0.474. The molecule has 118 valence electrons. The molecular weight excluding hydrogens is 340 g/mol. The number of nitrogens with zero attached hydrogens (tertiary/aromatic N) is 2. The predicted molar refractivity (Wildman–Crippen MR) is 84.3 cm³/mol. The van der Waals surface area contributed by atoms with E-state index in [-0.39, 0.29) is 0 Å². The summed E-state index contributed by atoms with van der Waals surface area (Å²) < 4.78 is 22.2. The van der Waals surface area contributed by atoms with E-state index < -0.39 is 0 Å². The summed E-state index contributed by atoms with van der Waals surface area (Å²) in [6.07, 6.45) is 1.70. The minimum Gasteiger partial charge on any atom is -0.488 e. The van der Waals surface area contributed by atoms with Crippen LogP contribution in [-0.2, 0) is 14.2 Å². The van der Waals surface area contributed by atoms with E-state index in [0.29, 0.717) is 63.1 Å². The molecule has 1 aromatic heterocycles. The van der Waals surface area contributed by atoms with E-state index >= 15 is 0 Å². The van der Waals surface area contributed by atoms with Gasteiger partial charge in [-0.2, -0.15) is 0 Å². The fraction of sp³-hybridized carbons (Fsp3) is 0.571. The number of rotatable bonds is 13. The largest absolute Gasteiger partial charge is 0.488 e. The van der Waals surface area contributed by atoms with Crippen molar-refractivity contribution in [3.63, 3.8) is 0 Å². The molecular formula is C14H21BrN2O4. The van der Waals surface area contributed by atoms with Gasteiger partial charge in [0.1, 0.15) is 11.2 Å². The first kappa shape index (κ1) is 18.0. The second-order valence-electron chi connectivity index (χ2n) is 3.93. The summed E-state index contributed by atoms with van der Waals surface area (Å²) in [6, 6.07) is 3.67. The van der Waals surface area contributed by atoms with Crippen LogP contribution in [0, 0.1) is 0 Å². The highest BCUT2D eigenvalue weighted by atomic mass is 79.9. The highest BCUT2D eigenvalue weighted by Gasteiger charge is 1.99. The molecule has 0 saturated heterocycles. The van der Waals surface area contributed by atoms with Crippen molar-refractivity contribution in [2.45, 2.75) is 0 Å². The molecule has 0 radical (unpaired) electrons. The number of ether oxygens (including phenoxy) is 4. The molecule has 6 nitrogen and oxygen atoms in total. The van der Waals surface area contributed by atoms with Crippen LogP contribution in [-0.4, -0.2) is 64.5 Å². The fourth-order valence-electron chi connectivity index (χ4n) is 1.36. The molecule has 0 aliphatic heterocycles. The Labute approximate surface area is 133 Å². The maximum absolute atomic E-state index is 5.51. The van der Waals surface area contributed by atoms with E-state index in [1.807, 2.05) is 12.1 Å². The average Bonchev–Trinajstić information content (AvgIpc) is 2.50. The Morgan fingerprint density at radius 2 is 1.62 bits per heavy atom. The Hall–Kier alpha value is -1.02. The van der Waals surface area contributed by atoms with Gasteiger partial charge >= 0.3 is 0 Å². The Morgan fingerprint density at radius 1 is 1.00 bits per heavy atom. The lowest BCUT2D eigenvalue weighted by Crippen LogP contribution is -2.13. The van der Waals surface area contributed by atoms with Gasteiger partial charge in [0.2, 0.25) is 0 Å². The number of aromatic nitrogens is 1. The lowest BCUT2D eigenvalue weighted by Gasteiger charge is -2.08. The van der Waals surface area contributed by atoms with E-state index in [1.165, 1.54) is 0 Å². The van der Waals surface area contributed by atoms with Gasteiger partial charge in [-0.1, -0.05) is 0 Å². The van der Waals surface area contributed by atoms with Crippen LogP contribution >= 0.6 is 15.9 Å². The van der Waals surface area contributed by atoms with Gasteiger partial charge in [0.15, 0.2) is 5.75 Å². The number of aliphatic imine (C=N–C) groups is 1. The molecule has 7 heteroatoms. The Bertz CT molecular complexity index is 393. The summed E-state index contributed by atoms with van der Waals surface area (Å²) in [6.45, 7) is 7.76. The van der Waals surface area contributed by atoms with E-state index in [0.717, 1.165) is 0 Å². The molecule has 0 bridgehead atoms. The standard InChI is InChI=1S/C14H21BrN2O4/c1-16-5-6-18-7-8-19-9-10-20-11-12-21-13-3-2-4-17-14(13)15/h2-4H,1,5-12H2. The van der Waals surface area contributed by atoms with E-state index in [2.05, 4.69) is 32.6 Å². The maximum Gasteiger partial charge on any atom is 0.152 e. The molecule has 0 saturated carbocycles. The molecule has 0 aromatic carbocycles. The van der Waals surface area contributed by atoms with Gasteiger partial charge in [-0.15, -0.1) is 0 Å². The van der Waals surface area contributed by atoms with Crippen molar-refractivity contribution in [2.24, 2.45) is 4.99 Å². The summed E-state index contributed by atoms with van der Waals surface area (Å²) in [5.41, 5.74) is 0.